The molecule has 0 fully saturated rings. The van der Waals surface area contributed by atoms with Crippen LogP contribution in [-0.4, -0.2) is 4.57 Å². The van der Waals surface area contributed by atoms with Gasteiger partial charge in [-0.05, 0) is 5.69 Å². The summed E-state index contributed by atoms with van der Waals surface area (Å²) in [5, 5.41) is 0. The Morgan fingerprint density at radius 1 is 1.00 bits per heavy atom. The summed E-state index contributed by atoms with van der Waals surface area (Å²) in [6.07, 6.45) is 5.05. The molecule has 0 aliphatic carbocycles. The van der Waals surface area contributed by atoms with Crippen LogP contribution in [0.4, 0.5) is 0 Å². The Morgan fingerprint density at radius 3 is 2.33 bits per heavy atom. The topological polar surface area (TPSA) is 4.93 Å². The maximum atomic E-state index is 3.07. The summed E-state index contributed by atoms with van der Waals surface area (Å²) in [7, 11) is 0. The van der Waals surface area contributed by atoms with Crippen LogP contribution in [0, 0.1) is 6.20 Å². The quantitative estimate of drug-likeness (QED) is 0.372. The molecule has 1 heterocycles. The van der Waals surface area contributed by atoms with Crippen LogP contribution in [0.2, 0.25) is 0 Å². The molecular weight excluding hydrogens is 141 g/mol. The minimum absolute atomic E-state index is 0. The van der Waals surface area contributed by atoms with Gasteiger partial charge in [0.1, 0.15) is 0 Å². The number of benzene rings is 1. The molecule has 2 heteroatoms. The molecular formula is C10H8LiN. The summed E-state index contributed by atoms with van der Waals surface area (Å²) in [6, 6.07) is 14.0. The zero-order chi connectivity index (χ0) is 7.52. The van der Waals surface area contributed by atoms with E-state index in [0.29, 0.717) is 0 Å². The maximum Gasteiger partial charge on any atom is 1.00 e. The SMILES string of the molecule is [Li+].[c-]1cccn1-c1ccccc1. The van der Waals surface area contributed by atoms with Crippen LogP contribution in [0.15, 0.2) is 48.7 Å². The van der Waals surface area contributed by atoms with Gasteiger partial charge >= 0.3 is 18.9 Å². The number of para-hydroxylation sites is 1. The molecule has 0 saturated heterocycles. The second kappa shape index (κ2) is 4.21. The van der Waals surface area contributed by atoms with Gasteiger partial charge in [0, 0.05) is 0 Å². The standard InChI is InChI=1S/C10H8N.Li/c1-2-6-10(7-3-1)11-8-4-5-9-11;/h1-8H;/q-1;+1. The molecule has 0 saturated carbocycles. The Morgan fingerprint density at radius 2 is 1.75 bits per heavy atom. The zero-order valence-corrected chi connectivity index (χ0v) is 7.07. The van der Waals surface area contributed by atoms with Gasteiger partial charge in [0.2, 0.25) is 0 Å². The molecule has 1 nitrogen and oxygen atoms in total. The van der Waals surface area contributed by atoms with Crippen molar-refractivity contribution >= 4 is 0 Å². The van der Waals surface area contributed by atoms with Crippen molar-refractivity contribution in [2.75, 3.05) is 0 Å². The van der Waals surface area contributed by atoms with Crippen molar-refractivity contribution in [3.63, 3.8) is 0 Å². The van der Waals surface area contributed by atoms with E-state index >= 15 is 0 Å². The molecule has 1 aromatic carbocycles. The van der Waals surface area contributed by atoms with Crippen LogP contribution in [0.25, 0.3) is 5.69 Å². The van der Waals surface area contributed by atoms with Crippen molar-refractivity contribution in [3.05, 3.63) is 54.9 Å². The van der Waals surface area contributed by atoms with Crippen molar-refractivity contribution in [1.29, 1.82) is 0 Å². The Hall–Kier alpha value is -0.903. The summed E-state index contributed by atoms with van der Waals surface area (Å²) < 4.78 is 1.96. The molecule has 0 amide bonds. The Labute approximate surface area is 84.2 Å². The van der Waals surface area contributed by atoms with Gasteiger partial charge < -0.3 is 4.57 Å². The van der Waals surface area contributed by atoms with E-state index in [9.17, 15) is 0 Å². The summed E-state index contributed by atoms with van der Waals surface area (Å²) >= 11 is 0. The van der Waals surface area contributed by atoms with E-state index in [1.54, 1.807) is 0 Å². The average molecular weight is 149 g/mol. The molecule has 0 aliphatic heterocycles. The minimum Gasteiger partial charge on any atom is -0.451 e. The molecule has 0 radical (unpaired) electrons. The van der Waals surface area contributed by atoms with Gasteiger partial charge in [0.25, 0.3) is 0 Å². The summed E-state index contributed by atoms with van der Waals surface area (Å²) in [5.41, 5.74) is 1.15. The molecule has 54 valence electrons. The molecule has 0 N–H and O–H groups in total. The molecule has 12 heavy (non-hydrogen) atoms. The van der Waals surface area contributed by atoms with E-state index in [4.69, 9.17) is 0 Å². The molecule has 2 rings (SSSR count). The van der Waals surface area contributed by atoms with E-state index in [-0.39, 0.29) is 18.9 Å². The third-order valence-electron chi connectivity index (χ3n) is 1.58. The molecule has 2 aromatic rings. The van der Waals surface area contributed by atoms with Gasteiger partial charge in [-0.3, -0.25) is 0 Å². The maximum absolute atomic E-state index is 3.07. The largest absolute Gasteiger partial charge is 1.00 e. The normalized spacial score (nSPS) is 9.00. The summed E-state index contributed by atoms with van der Waals surface area (Å²) in [6.45, 7) is 0. The smallest absolute Gasteiger partial charge is 0.451 e. The first-order valence-corrected chi connectivity index (χ1v) is 3.57. The Balaban J connectivity index is 0.000000720. The van der Waals surface area contributed by atoms with Crippen LogP contribution in [0.5, 0.6) is 0 Å². The number of aromatic nitrogens is 1. The van der Waals surface area contributed by atoms with Gasteiger partial charge in [-0.25, -0.2) is 0 Å². The molecule has 0 bridgehead atoms. The number of hydrogen-bond donors (Lipinski definition) is 0. The number of nitrogens with zero attached hydrogens (tertiary/aromatic N) is 1. The third kappa shape index (κ3) is 1.82. The fourth-order valence-corrected chi connectivity index (χ4v) is 1.04. The minimum atomic E-state index is 0. The predicted molar refractivity (Wildman–Crippen MR) is 44.6 cm³/mol. The first kappa shape index (κ1) is 9.19. The Bertz CT molecular complexity index is 313. The van der Waals surface area contributed by atoms with Crippen molar-refractivity contribution in [2.45, 2.75) is 0 Å². The van der Waals surface area contributed by atoms with Crippen LogP contribution >= 0.6 is 0 Å². The summed E-state index contributed by atoms with van der Waals surface area (Å²) in [4.78, 5) is 0. The van der Waals surface area contributed by atoms with Crippen molar-refractivity contribution in [2.24, 2.45) is 0 Å². The number of rotatable bonds is 1. The molecule has 0 aliphatic rings. The molecule has 0 spiro atoms. The fraction of sp³-hybridized carbons (Fsp3) is 0. The van der Waals surface area contributed by atoms with Crippen LogP contribution in [0.1, 0.15) is 0 Å². The van der Waals surface area contributed by atoms with E-state index in [0.717, 1.165) is 5.69 Å². The van der Waals surface area contributed by atoms with E-state index in [1.807, 2.05) is 41.1 Å². The first-order chi connectivity index (χ1) is 5.47. The van der Waals surface area contributed by atoms with Gasteiger partial charge in [-0.2, -0.15) is 6.07 Å². The van der Waals surface area contributed by atoms with Crippen molar-refractivity contribution in [1.82, 2.24) is 4.57 Å². The van der Waals surface area contributed by atoms with E-state index in [1.165, 1.54) is 0 Å². The zero-order valence-electron chi connectivity index (χ0n) is 7.07. The van der Waals surface area contributed by atoms with Crippen molar-refractivity contribution in [3.8, 4) is 5.69 Å². The number of hydrogen-bond acceptors (Lipinski definition) is 0. The fourth-order valence-electron chi connectivity index (χ4n) is 1.04. The summed E-state index contributed by atoms with van der Waals surface area (Å²) in [5.74, 6) is 0. The predicted octanol–water partition coefficient (Wildman–Crippen LogP) is -0.719. The molecule has 0 unspecified atom stereocenters. The molecule has 0 atom stereocenters. The van der Waals surface area contributed by atoms with E-state index in [2.05, 4.69) is 18.3 Å². The monoisotopic (exact) mass is 149 g/mol. The third-order valence-corrected chi connectivity index (χ3v) is 1.58. The van der Waals surface area contributed by atoms with Crippen LogP contribution in [0.3, 0.4) is 0 Å². The second-order valence-electron chi connectivity index (χ2n) is 2.34. The average Bonchev–Trinajstić information content (AvgIpc) is 2.58. The van der Waals surface area contributed by atoms with Crippen LogP contribution in [-0.2, 0) is 0 Å². The first-order valence-electron chi connectivity index (χ1n) is 3.57. The van der Waals surface area contributed by atoms with Crippen molar-refractivity contribution < 1.29 is 18.9 Å². The van der Waals surface area contributed by atoms with Gasteiger partial charge in [0.15, 0.2) is 0 Å². The van der Waals surface area contributed by atoms with Crippen LogP contribution < -0.4 is 18.9 Å². The van der Waals surface area contributed by atoms with Gasteiger partial charge in [-0.15, -0.1) is 12.3 Å². The van der Waals surface area contributed by atoms with Gasteiger partial charge in [0.05, 0.1) is 0 Å². The Kier molecular flexibility index (Phi) is 3.22. The van der Waals surface area contributed by atoms with Gasteiger partial charge in [-0.1, -0.05) is 36.5 Å². The van der Waals surface area contributed by atoms with E-state index < -0.39 is 0 Å². The molecule has 1 aromatic heterocycles. The second-order valence-corrected chi connectivity index (χ2v) is 2.34.